The summed E-state index contributed by atoms with van der Waals surface area (Å²) in [5, 5.41) is 22.3. The Labute approximate surface area is 109 Å². The topological polar surface area (TPSA) is 55.7 Å². The van der Waals surface area contributed by atoms with Crippen LogP contribution in [0.4, 0.5) is 0 Å². The maximum absolute atomic E-state index is 9.63. The van der Waals surface area contributed by atoms with E-state index in [0.717, 1.165) is 25.1 Å². The highest BCUT2D eigenvalue weighted by Crippen LogP contribution is 2.27. The van der Waals surface area contributed by atoms with Gasteiger partial charge in [0.05, 0.1) is 0 Å². The van der Waals surface area contributed by atoms with E-state index in [1.807, 2.05) is 0 Å². The van der Waals surface area contributed by atoms with Gasteiger partial charge in [-0.1, -0.05) is 19.1 Å². The van der Waals surface area contributed by atoms with Crippen molar-refractivity contribution in [2.24, 2.45) is 0 Å². The van der Waals surface area contributed by atoms with Crippen molar-refractivity contribution >= 4 is 0 Å². The van der Waals surface area contributed by atoms with Crippen molar-refractivity contribution in [2.45, 2.75) is 32.9 Å². The summed E-state index contributed by atoms with van der Waals surface area (Å²) in [4.78, 5) is 2.30. The third-order valence-corrected chi connectivity index (χ3v) is 3.40. The molecule has 0 radical (unpaired) electrons. The molecule has 1 unspecified atom stereocenters. The van der Waals surface area contributed by atoms with Gasteiger partial charge in [0, 0.05) is 31.2 Å². The Morgan fingerprint density at radius 2 is 2.06 bits per heavy atom. The first-order valence-corrected chi connectivity index (χ1v) is 6.47. The minimum absolute atomic E-state index is 0.0275. The van der Waals surface area contributed by atoms with E-state index in [-0.39, 0.29) is 11.5 Å². The van der Waals surface area contributed by atoms with Crippen LogP contribution in [0.15, 0.2) is 18.2 Å². The summed E-state index contributed by atoms with van der Waals surface area (Å²) in [5.74, 6) is -0.0914. The van der Waals surface area contributed by atoms with Crippen LogP contribution in [0.2, 0.25) is 0 Å². The summed E-state index contributed by atoms with van der Waals surface area (Å²) in [6.45, 7) is 6.78. The fourth-order valence-corrected chi connectivity index (χ4v) is 1.73. The van der Waals surface area contributed by atoms with Gasteiger partial charge in [-0.15, -0.1) is 0 Å². The normalized spacial score (nSPS) is 12.9. The largest absolute Gasteiger partial charge is 0.504 e. The zero-order valence-corrected chi connectivity index (χ0v) is 11.5. The monoisotopic (exact) mass is 252 g/mol. The molecule has 1 rings (SSSR count). The van der Waals surface area contributed by atoms with E-state index in [2.05, 4.69) is 31.1 Å². The first kappa shape index (κ1) is 14.8. The molecule has 3 N–H and O–H groups in total. The van der Waals surface area contributed by atoms with Crippen LogP contribution in [0.25, 0.3) is 0 Å². The number of rotatable bonds is 7. The van der Waals surface area contributed by atoms with Gasteiger partial charge in [0.15, 0.2) is 11.5 Å². The molecular formula is C14H24N2O2. The van der Waals surface area contributed by atoms with Crippen LogP contribution in [0.5, 0.6) is 11.5 Å². The summed E-state index contributed by atoms with van der Waals surface area (Å²) in [5.41, 5.74) is 0.723. The van der Waals surface area contributed by atoms with Crippen LogP contribution >= 0.6 is 0 Å². The van der Waals surface area contributed by atoms with Gasteiger partial charge < -0.3 is 20.4 Å². The summed E-state index contributed by atoms with van der Waals surface area (Å²) in [6.07, 6.45) is 1.14. The van der Waals surface area contributed by atoms with Crippen LogP contribution in [0.3, 0.4) is 0 Å². The molecule has 0 heterocycles. The molecule has 1 atom stereocenters. The molecule has 0 aliphatic carbocycles. The lowest BCUT2D eigenvalue weighted by Crippen LogP contribution is -2.34. The predicted octanol–water partition coefficient (Wildman–Crippen LogP) is 1.92. The van der Waals surface area contributed by atoms with Gasteiger partial charge in [-0.2, -0.15) is 0 Å². The lowest BCUT2D eigenvalue weighted by atomic mass is 10.2. The average molecular weight is 252 g/mol. The minimum Gasteiger partial charge on any atom is -0.504 e. The van der Waals surface area contributed by atoms with Crippen LogP contribution in [0, 0.1) is 0 Å². The molecule has 1 aromatic carbocycles. The van der Waals surface area contributed by atoms with Crippen molar-refractivity contribution in [1.82, 2.24) is 10.2 Å². The number of hydrogen-bond donors (Lipinski definition) is 3. The molecule has 4 nitrogen and oxygen atoms in total. The third kappa shape index (κ3) is 4.20. The standard InChI is InChI=1S/C14H24N2O2/c1-4-11(2)16(3)9-8-15-10-12-6-5-7-13(17)14(12)18/h5-7,11,15,17-18H,4,8-10H2,1-3H3. The van der Waals surface area contributed by atoms with Crippen LogP contribution < -0.4 is 5.32 Å². The van der Waals surface area contributed by atoms with Crippen molar-refractivity contribution in [2.75, 3.05) is 20.1 Å². The van der Waals surface area contributed by atoms with E-state index in [0.29, 0.717) is 12.6 Å². The molecule has 0 fully saturated rings. The molecular weight excluding hydrogens is 228 g/mol. The van der Waals surface area contributed by atoms with Crippen LogP contribution in [-0.4, -0.2) is 41.3 Å². The molecule has 0 amide bonds. The second-order valence-electron chi connectivity index (χ2n) is 4.70. The second kappa shape index (κ2) is 7.24. The highest BCUT2D eigenvalue weighted by Gasteiger charge is 2.07. The molecule has 1 aromatic rings. The molecule has 18 heavy (non-hydrogen) atoms. The number of nitrogens with one attached hydrogen (secondary N) is 1. The number of phenols is 2. The molecule has 0 spiro atoms. The fraction of sp³-hybridized carbons (Fsp3) is 0.571. The molecule has 0 saturated heterocycles. The zero-order chi connectivity index (χ0) is 13.5. The van der Waals surface area contributed by atoms with Crippen molar-refractivity contribution in [3.8, 4) is 11.5 Å². The number of benzene rings is 1. The second-order valence-corrected chi connectivity index (χ2v) is 4.70. The van der Waals surface area contributed by atoms with E-state index in [1.54, 1.807) is 12.1 Å². The fourth-order valence-electron chi connectivity index (χ4n) is 1.73. The minimum atomic E-state index is -0.0639. The Morgan fingerprint density at radius 1 is 1.33 bits per heavy atom. The number of aromatic hydroxyl groups is 2. The van der Waals surface area contributed by atoms with E-state index in [4.69, 9.17) is 0 Å². The zero-order valence-electron chi connectivity index (χ0n) is 11.5. The quantitative estimate of drug-likeness (QED) is 0.512. The van der Waals surface area contributed by atoms with Gasteiger partial charge in [0.25, 0.3) is 0 Å². The van der Waals surface area contributed by atoms with Gasteiger partial charge in [-0.25, -0.2) is 0 Å². The van der Waals surface area contributed by atoms with Crippen molar-refractivity contribution < 1.29 is 10.2 Å². The molecule has 4 heteroatoms. The molecule has 0 aliphatic rings. The van der Waals surface area contributed by atoms with E-state index >= 15 is 0 Å². The van der Waals surface area contributed by atoms with Crippen LogP contribution in [0.1, 0.15) is 25.8 Å². The van der Waals surface area contributed by atoms with Gasteiger partial charge in [-0.3, -0.25) is 0 Å². The smallest absolute Gasteiger partial charge is 0.161 e. The maximum Gasteiger partial charge on any atom is 0.161 e. The first-order chi connectivity index (χ1) is 8.56. The molecule has 0 bridgehead atoms. The lowest BCUT2D eigenvalue weighted by molar-refractivity contribution is 0.251. The van der Waals surface area contributed by atoms with Gasteiger partial charge in [-0.05, 0) is 26.5 Å². The Balaban J connectivity index is 2.32. The summed E-state index contributed by atoms with van der Waals surface area (Å²) >= 11 is 0. The van der Waals surface area contributed by atoms with Gasteiger partial charge in [0.1, 0.15) is 0 Å². The average Bonchev–Trinajstić information content (AvgIpc) is 2.38. The molecule has 0 aromatic heterocycles. The Bertz CT molecular complexity index is 369. The third-order valence-electron chi connectivity index (χ3n) is 3.40. The van der Waals surface area contributed by atoms with Crippen molar-refractivity contribution in [3.05, 3.63) is 23.8 Å². The lowest BCUT2D eigenvalue weighted by Gasteiger charge is -2.23. The number of hydrogen-bond acceptors (Lipinski definition) is 4. The first-order valence-electron chi connectivity index (χ1n) is 6.47. The molecule has 0 saturated carbocycles. The predicted molar refractivity (Wildman–Crippen MR) is 73.9 cm³/mol. The number of para-hydroxylation sites is 1. The Kier molecular flexibility index (Phi) is 5.95. The SMILES string of the molecule is CCC(C)N(C)CCNCc1cccc(O)c1O. The van der Waals surface area contributed by atoms with Gasteiger partial charge in [0.2, 0.25) is 0 Å². The number of phenolic OH excluding ortho intramolecular Hbond substituents is 2. The number of likely N-dealkylation sites (N-methyl/N-ethyl adjacent to an activating group) is 1. The van der Waals surface area contributed by atoms with Crippen molar-refractivity contribution in [3.63, 3.8) is 0 Å². The van der Waals surface area contributed by atoms with E-state index in [9.17, 15) is 10.2 Å². The Hall–Kier alpha value is -1.26. The Morgan fingerprint density at radius 3 is 2.72 bits per heavy atom. The maximum atomic E-state index is 9.63. The molecule has 102 valence electrons. The van der Waals surface area contributed by atoms with E-state index in [1.165, 1.54) is 6.07 Å². The van der Waals surface area contributed by atoms with Crippen LogP contribution in [-0.2, 0) is 6.54 Å². The van der Waals surface area contributed by atoms with Crippen molar-refractivity contribution in [1.29, 1.82) is 0 Å². The summed E-state index contributed by atoms with van der Waals surface area (Å²) in [6, 6.07) is 5.61. The molecule has 0 aliphatic heterocycles. The summed E-state index contributed by atoms with van der Waals surface area (Å²) in [7, 11) is 2.11. The highest BCUT2D eigenvalue weighted by molar-refractivity contribution is 5.44. The number of nitrogens with zero attached hydrogens (tertiary/aromatic N) is 1. The highest BCUT2D eigenvalue weighted by atomic mass is 16.3. The summed E-state index contributed by atoms with van der Waals surface area (Å²) < 4.78 is 0. The van der Waals surface area contributed by atoms with Gasteiger partial charge >= 0.3 is 0 Å². The van der Waals surface area contributed by atoms with E-state index < -0.39 is 0 Å².